The van der Waals surface area contributed by atoms with Gasteiger partial charge in [-0.15, -0.1) is 0 Å². The lowest BCUT2D eigenvalue weighted by Gasteiger charge is -2.32. The maximum atomic E-state index is 14.6. The second kappa shape index (κ2) is 12.3. The fourth-order valence-electron chi connectivity index (χ4n) is 6.37. The van der Waals surface area contributed by atoms with Crippen molar-refractivity contribution in [3.05, 3.63) is 104 Å². The third-order valence-electron chi connectivity index (χ3n) is 8.17. The molecule has 2 fully saturated rings. The first kappa shape index (κ1) is 28.6. The Bertz CT molecular complexity index is 1290. The molecule has 0 aromatic heterocycles. The summed E-state index contributed by atoms with van der Waals surface area (Å²) in [6.45, 7) is 4.50. The van der Waals surface area contributed by atoms with Gasteiger partial charge in [0.25, 0.3) is 5.91 Å². The molecule has 3 amide bonds. The van der Waals surface area contributed by atoms with Gasteiger partial charge in [0.1, 0.15) is 35.8 Å². The first-order valence-electron chi connectivity index (χ1n) is 14.0. The fraction of sp³-hybridized carbons (Fsp3) is 0.303. The van der Waals surface area contributed by atoms with Crippen LogP contribution in [0.5, 0.6) is 0 Å². The Labute approximate surface area is 242 Å². The number of carbonyl (C=O) groups is 3. The molecule has 0 spiro atoms. The minimum Gasteiger partial charge on any atom is -0.445 e. The van der Waals surface area contributed by atoms with E-state index in [9.17, 15) is 14.4 Å². The molecule has 5 rings (SSSR count). The molecule has 2 aliphatic rings. The highest BCUT2D eigenvalue weighted by Gasteiger charge is 2.60. The van der Waals surface area contributed by atoms with Gasteiger partial charge in [-0.2, -0.15) is 0 Å². The highest BCUT2D eigenvalue weighted by atomic mass is 31.2. The van der Waals surface area contributed by atoms with E-state index in [0.717, 1.165) is 0 Å². The van der Waals surface area contributed by atoms with Gasteiger partial charge >= 0.3 is 6.09 Å². The minimum absolute atomic E-state index is 0.0613. The van der Waals surface area contributed by atoms with Crippen molar-refractivity contribution in [1.82, 2.24) is 14.7 Å². The van der Waals surface area contributed by atoms with Crippen LogP contribution in [0.4, 0.5) is 4.79 Å². The Morgan fingerprint density at radius 2 is 1.44 bits per heavy atom. The molecule has 0 radical (unpaired) electrons. The quantitative estimate of drug-likeness (QED) is 0.308. The van der Waals surface area contributed by atoms with E-state index >= 15 is 0 Å². The van der Waals surface area contributed by atoms with E-state index in [2.05, 4.69) is 43.0 Å². The Hall–Kier alpha value is -3.96. The van der Waals surface area contributed by atoms with Crippen LogP contribution < -0.4 is 15.9 Å². The number of likely N-dealkylation sites (tertiary alicyclic amines) is 2. The van der Waals surface area contributed by atoms with Gasteiger partial charge in [-0.05, 0) is 42.8 Å². The second-order valence-corrected chi connectivity index (χ2v) is 14.3. The normalized spacial score (nSPS) is 20.6. The molecule has 0 N–H and O–H groups in total. The number of hydrogen-bond donors (Lipinski definition) is 0. The zero-order valence-corrected chi connectivity index (χ0v) is 24.5. The van der Waals surface area contributed by atoms with E-state index in [1.54, 1.807) is 14.1 Å². The van der Waals surface area contributed by atoms with Crippen LogP contribution in [-0.4, -0.2) is 84.1 Å². The topological polar surface area (TPSA) is 70.2 Å². The summed E-state index contributed by atoms with van der Waals surface area (Å²) in [5, 5.41) is 3.50. The molecule has 41 heavy (non-hydrogen) atoms. The van der Waals surface area contributed by atoms with Gasteiger partial charge in [0.2, 0.25) is 5.91 Å². The third kappa shape index (κ3) is 5.27. The van der Waals surface area contributed by atoms with E-state index in [1.165, 1.54) is 31.8 Å². The van der Waals surface area contributed by atoms with Crippen LogP contribution in [0.2, 0.25) is 0 Å². The number of amides is 3. The Kier molecular flexibility index (Phi) is 8.55. The molecule has 7 nitrogen and oxygen atoms in total. The summed E-state index contributed by atoms with van der Waals surface area (Å²) in [5.74, 6) is -0.0943. The summed E-state index contributed by atoms with van der Waals surface area (Å²) in [4.78, 5) is 45.6. The monoisotopic (exact) mass is 570 g/mol. The average molecular weight is 571 g/mol. The summed E-state index contributed by atoms with van der Waals surface area (Å²) in [6.07, 6.45) is 2.01. The van der Waals surface area contributed by atoms with Crippen LogP contribution in [0.25, 0.3) is 0 Å². The van der Waals surface area contributed by atoms with Crippen molar-refractivity contribution in [2.75, 3.05) is 33.8 Å². The smallest absolute Gasteiger partial charge is 0.410 e. The molecule has 3 atom stereocenters. The van der Waals surface area contributed by atoms with Gasteiger partial charge in [-0.1, -0.05) is 67.3 Å². The first-order valence-corrected chi connectivity index (χ1v) is 15.9. The van der Waals surface area contributed by atoms with Crippen molar-refractivity contribution in [3.63, 3.8) is 0 Å². The van der Waals surface area contributed by atoms with Crippen LogP contribution in [0.3, 0.4) is 0 Å². The maximum Gasteiger partial charge on any atom is 0.410 e. The van der Waals surface area contributed by atoms with Gasteiger partial charge in [0.15, 0.2) is 5.66 Å². The van der Waals surface area contributed by atoms with Crippen LogP contribution in [0.15, 0.2) is 104 Å². The van der Waals surface area contributed by atoms with Gasteiger partial charge in [0, 0.05) is 33.6 Å². The molecule has 0 unspecified atom stereocenters. The number of benzene rings is 3. The predicted octanol–water partition coefficient (Wildman–Crippen LogP) is 3.44. The second-order valence-electron chi connectivity index (χ2n) is 10.7. The van der Waals surface area contributed by atoms with Gasteiger partial charge in [-0.3, -0.25) is 14.5 Å². The van der Waals surface area contributed by atoms with Crippen LogP contribution in [0, 0.1) is 0 Å². The zero-order valence-electron chi connectivity index (χ0n) is 23.6. The standard InChI is InChI=1S/C33H37N3O4P/c1-4-22-40-33(39)36-24-25(23-29(36)31(37)34(2)3)35-21-20-30(32(35)38)41(26-14-8-5-9-15-26,27-16-10-6-11-17-27)28-18-12-7-13-19-28/h4-19,25,29-30H,1,20-24H2,2-3H3/q+1/t25-,29-,30-/m0/s1. The SMILES string of the molecule is C=CCOC(=O)N1C[C@@H](N2CC[C@H]([P+](c3ccccc3)(c3ccccc3)c3ccccc3)C2=O)C[C@H]1C(=O)N(C)C. The predicted molar refractivity (Wildman–Crippen MR) is 164 cm³/mol. The maximum absolute atomic E-state index is 14.6. The molecular formula is C33H37N3O4P+. The fourth-order valence-corrected chi connectivity index (χ4v) is 11.3. The molecule has 0 saturated carbocycles. The molecule has 212 valence electrons. The number of ether oxygens (including phenoxy) is 1. The third-order valence-corrected chi connectivity index (χ3v) is 12.9. The number of carbonyl (C=O) groups excluding carboxylic acids is 3. The highest BCUT2D eigenvalue weighted by molar-refractivity contribution is 7.96. The van der Waals surface area contributed by atoms with Crippen molar-refractivity contribution < 1.29 is 19.1 Å². The molecule has 8 heteroatoms. The van der Waals surface area contributed by atoms with Crippen molar-refractivity contribution >= 4 is 41.1 Å². The van der Waals surface area contributed by atoms with Crippen molar-refractivity contribution in [2.45, 2.75) is 30.6 Å². The van der Waals surface area contributed by atoms with Gasteiger partial charge in [0.05, 0.1) is 6.04 Å². The summed E-state index contributed by atoms with van der Waals surface area (Å²) >= 11 is 0. The van der Waals surface area contributed by atoms with Gasteiger partial charge in [-0.25, -0.2) is 4.79 Å². The van der Waals surface area contributed by atoms with Crippen LogP contribution in [-0.2, 0) is 14.3 Å². The largest absolute Gasteiger partial charge is 0.445 e. The number of rotatable bonds is 8. The number of hydrogen-bond acceptors (Lipinski definition) is 4. The Morgan fingerprint density at radius 3 is 1.90 bits per heavy atom. The highest BCUT2D eigenvalue weighted by Crippen LogP contribution is 2.62. The first-order chi connectivity index (χ1) is 19.9. The molecule has 0 aliphatic carbocycles. The van der Waals surface area contributed by atoms with Gasteiger partial charge < -0.3 is 14.5 Å². The van der Waals surface area contributed by atoms with Crippen molar-refractivity contribution in [2.24, 2.45) is 0 Å². The Morgan fingerprint density at radius 1 is 0.927 bits per heavy atom. The lowest BCUT2D eigenvalue weighted by molar-refractivity contribution is -0.133. The molecule has 3 aromatic carbocycles. The summed E-state index contributed by atoms with van der Waals surface area (Å²) in [6, 6.07) is 30.3. The van der Waals surface area contributed by atoms with E-state index < -0.39 is 19.4 Å². The number of nitrogens with zero attached hydrogens (tertiary/aromatic N) is 3. The summed E-state index contributed by atoms with van der Waals surface area (Å²) in [7, 11) is 0.941. The molecule has 2 saturated heterocycles. The van der Waals surface area contributed by atoms with Crippen molar-refractivity contribution in [1.29, 1.82) is 0 Å². The van der Waals surface area contributed by atoms with E-state index in [1.807, 2.05) is 59.5 Å². The zero-order chi connectivity index (χ0) is 29.0. The van der Waals surface area contributed by atoms with Crippen LogP contribution in [0.1, 0.15) is 12.8 Å². The Balaban J connectivity index is 1.54. The average Bonchev–Trinajstić information content (AvgIpc) is 3.62. The molecular weight excluding hydrogens is 533 g/mol. The van der Waals surface area contributed by atoms with E-state index in [0.29, 0.717) is 19.4 Å². The van der Waals surface area contributed by atoms with Crippen molar-refractivity contribution in [3.8, 4) is 0 Å². The molecule has 0 bridgehead atoms. The lowest BCUT2D eigenvalue weighted by Crippen LogP contribution is -2.46. The van der Waals surface area contributed by atoms with E-state index in [-0.39, 0.29) is 36.7 Å². The lowest BCUT2D eigenvalue weighted by atomic mass is 10.1. The van der Waals surface area contributed by atoms with Crippen LogP contribution >= 0.6 is 7.26 Å². The summed E-state index contributed by atoms with van der Waals surface area (Å²) < 4.78 is 5.32. The summed E-state index contributed by atoms with van der Waals surface area (Å²) in [5.41, 5.74) is -0.264. The molecule has 3 aromatic rings. The van der Waals surface area contributed by atoms with E-state index in [4.69, 9.17) is 4.74 Å². The minimum atomic E-state index is -2.42. The number of likely N-dealkylation sites (N-methyl/N-ethyl adjacent to an activating group) is 1. The molecule has 2 heterocycles. The molecule has 2 aliphatic heterocycles.